The lowest BCUT2D eigenvalue weighted by Gasteiger charge is -2.05. The molecule has 0 radical (unpaired) electrons. The highest BCUT2D eigenvalue weighted by Gasteiger charge is 2.26. The second kappa shape index (κ2) is 4.45. The summed E-state index contributed by atoms with van der Waals surface area (Å²) in [5.74, 6) is 0. The Labute approximate surface area is 116 Å². The number of aryl methyl sites for hydroxylation is 1. The molecule has 0 aliphatic carbocycles. The number of benzene rings is 2. The Kier molecular flexibility index (Phi) is 2.87. The van der Waals surface area contributed by atoms with Crippen LogP contribution >= 0.6 is 0 Å². The van der Waals surface area contributed by atoms with Gasteiger partial charge in [0.2, 0.25) is 0 Å². The highest BCUT2D eigenvalue weighted by atomic mass is 32.3. The maximum absolute atomic E-state index is 13.8. The van der Waals surface area contributed by atoms with Crippen molar-refractivity contribution in [3.05, 3.63) is 54.6 Å². The van der Waals surface area contributed by atoms with Crippen LogP contribution in [0.15, 0.2) is 59.5 Å². The Morgan fingerprint density at radius 2 is 1.55 bits per heavy atom. The summed E-state index contributed by atoms with van der Waals surface area (Å²) in [4.78, 5) is -0.262. The van der Waals surface area contributed by atoms with Gasteiger partial charge in [-0.05, 0) is 11.6 Å². The molecule has 0 unspecified atom stereocenters. The summed E-state index contributed by atoms with van der Waals surface area (Å²) < 4.78 is 38.6. The van der Waals surface area contributed by atoms with Gasteiger partial charge in [0, 0.05) is 18.0 Å². The highest BCUT2D eigenvalue weighted by Crippen LogP contribution is 2.36. The van der Waals surface area contributed by atoms with Crippen LogP contribution in [-0.2, 0) is 17.3 Å². The molecule has 1 heterocycles. The van der Waals surface area contributed by atoms with E-state index in [1.807, 2.05) is 6.07 Å². The molecular formula is C15H12FNO2S. The lowest BCUT2D eigenvalue weighted by molar-refractivity contribution is 0.553. The van der Waals surface area contributed by atoms with Crippen LogP contribution in [0.3, 0.4) is 0 Å². The van der Waals surface area contributed by atoms with E-state index >= 15 is 0 Å². The minimum Gasteiger partial charge on any atom is -0.342 e. The van der Waals surface area contributed by atoms with Crippen molar-refractivity contribution in [3.63, 3.8) is 0 Å². The summed E-state index contributed by atoms with van der Waals surface area (Å²) >= 11 is 0. The van der Waals surface area contributed by atoms with Crippen molar-refractivity contribution in [2.75, 3.05) is 0 Å². The minimum absolute atomic E-state index is 0.262. The van der Waals surface area contributed by atoms with Crippen LogP contribution in [0.4, 0.5) is 3.89 Å². The normalized spacial score (nSPS) is 11.9. The third kappa shape index (κ3) is 1.91. The molecule has 0 fully saturated rings. The number of halogens is 1. The van der Waals surface area contributed by atoms with Crippen molar-refractivity contribution >= 4 is 21.1 Å². The maximum Gasteiger partial charge on any atom is 0.334 e. The fourth-order valence-electron chi connectivity index (χ4n) is 2.53. The van der Waals surface area contributed by atoms with Gasteiger partial charge >= 0.3 is 10.2 Å². The summed E-state index contributed by atoms with van der Waals surface area (Å²) in [6.45, 7) is 0. The van der Waals surface area contributed by atoms with Gasteiger partial charge in [-0.3, -0.25) is 0 Å². The molecular weight excluding hydrogens is 277 g/mol. The molecule has 0 aliphatic rings. The summed E-state index contributed by atoms with van der Waals surface area (Å²) in [6, 6.07) is 15.8. The van der Waals surface area contributed by atoms with Crippen molar-refractivity contribution in [1.82, 2.24) is 4.57 Å². The molecule has 0 bridgehead atoms. The van der Waals surface area contributed by atoms with E-state index in [0.29, 0.717) is 22.2 Å². The minimum atomic E-state index is -4.81. The Morgan fingerprint density at radius 1 is 0.950 bits per heavy atom. The third-order valence-corrected chi connectivity index (χ3v) is 4.25. The first-order chi connectivity index (χ1) is 9.50. The van der Waals surface area contributed by atoms with E-state index in [2.05, 4.69) is 0 Å². The summed E-state index contributed by atoms with van der Waals surface area (Å²) in [5, 5.41) is 0.399. The molecule has 0 spiro atoms. The van der Waals surface area contributed by atoms with Gasteiger partial charge in [0.1, 0.15) is 4.90 Å². The van der Waals surface area contributed by atoms with Crippen LogP contribution in [0.2, 0.25) is 0 Å². The number of nitrogens with zero attached hydrogens (tertiary/aromatic N) is 1. The number of para-hydroxylation sites is 1. The molecule has 3 aromatic rings. The number of aromatic nitrogens is 1. The van der Waals surface area contributed by atoms with Gasteiger partial charge in [-0.25, -0.2) is 0 Å². The van der Waals surface area contributed by atoms with Gasteiger partial charge in [-0.1, -0.05) is 48.5 Å². The molecule has 0 saturated carbocycles. The first-order valence-electron chi connectivity index (χ1n) is 6.07. The Morgan fingerprint density at radius 3 is 2.20 bits per heavy atom. The number of fused-ring (bicyclic) bond motifs is 1. The predicted molar refractivity (Wildman–Crippen MR) is 76.6 cm³/mol. The van der Waals surface area contributed by atoms with E-state index in [-0.39, 0.29) is 4.90 Å². The Balaban J connectivity index is 2.51. The Hall–Kier alpha value is -2.14. The molecule has 102 valence electrons. The second-order valence-corrected chi connectivity index (χ2v) is 5.84. The maximum atomic E-state index is 13.8. The molecule has 0 atom stereocenters. The zero-order valence-corrected chi connectivity index (χ0v) is 11.6. The topological polar surface area (TPSA) is 39.1 Å². The quantitative estimate of drug-likeness (QED) is 0.677. The molecule has 0 saturated heterocycles. The molecule has 0 aliphatic heterocycles. The van der Waals surface area contributed by atoms with Crippen LogP contribution < -0.4 is 0 Å². The van der Waals surface area contributed by atoms with E-state index in [9.17, 15) is 12.3 Å². The highest BCUT2D eigenvalue weighted by molar-refractivity contribution is 7.86. The van der Waals surface area contributed by atoms with Crippen LogP contribution in [0.25, 0.3) is 22.2 Å². The van der Waals surface area contributed by atoms with Crippen molar-refractivity contribution in [2.45, 2.75) is 4.90 Å². The van der Waals surface area contributed by atoms with E-state index in [0.717, 1.165) is 0 Å². The van der Waals surface area contributed by atoms with E-state index in [1.165, 1.54) is 0 Å². The SMILES string of the molecule is Cn1c(-c2ccccc2)c(S(=O)(=O)F)c2ccccc21. The zero-order valence-electron chi connectivity index (χ0n) is 10.7. The van der Waals surface area contributed by atoms with Gasteiger partial charge in [-0.2, -0.15) is 8.42 Å². The molecule has 0 amide bonds. The summed E-state index contributed by atoms with van der Waals surface area (Å²) in [5.41, 5.74) is 1.72. The standard InChI is InChI=1S/C15H12FNO2S/c1-17-13-10-6-5-9-12(13)15(20(16,18)19)14(17)11-7-3-2-4-8-11/h2-10H,1H3. The average Bonchev–Trinajstić information content (AvgIpc) is 2.73. The smallest absolute Gasteiger partial charge is 0.334 e. The van der Waals surface area contributed by atoms with Gasteiger partial charge in [-0.15, -0.1) is 3.89 Å². The van der Waals surface area contributed by atoms with E-state index in [1.54, 1.807) is 60.1 Å². The molecule has 5 heteroatoms. The second-order valence-electron chi connectivity index (χ2n) is 4.56. The molecule has 2 aromatic carbocycles. The first-order valence-corrected chi connectivity index (χ1v) is 7.46. The summed E-state index contributed by atoms with van der Waals surface area (Å²) in [7, 11) is -3.07. The fraction of sp³-hybridized carbons (Fsp3) is 0.0667. The van der Waals surface area contributed by atoms with Gasteiger partial charge in [0.25, 0.3) is 0 Å². The fourth-order valence-corrected chi connectivity index (χ4v) is 3.45. The van der Waals surface area contributed by atoms with Crippen LogP contribution in [0, 0.1) is 0 Å². The first kappa shape index (κ1) is 12.9. The summed E-state index contributed by atoms with van der Waals surface area (Å²) in [6.07, 6.45) is 0. The number of hydrogen-bond acceptors (Lipinski definition) is 2. The lowest BCUT2D eigenvalue weighted by atomic mass is 10.1. The van der Waals surface area contributed by atoms with Gasteiger partial charge in [0.15, 0.2) is 0 Å². The third-order valence-electron chi connectivity index (χ3n) is 3.35. The van der Waals surface area contributed by atoms with Crippen molar-refractivity contribution in [1.29, 1.82) is 0 Å². The average molecular weight is 289 g/mol. The number of hydrogen-bond donors (Lipinski definition) is 0. The van der Waals surface area contributed by atoms with Crippen molar-refractivity contribution in [2.24, 2.45) is 7.05 Å². The van der Waals surface area contributed by atoms with E-state index in [4.69, 9.17) is 0 Å². The van der Waals surface area contributed by atoms with E-state index < -0.39 is 10.2 Å². The molecule has 3 rings (SSSR count). The van der Waals surface area contributed by atoms with Crippen LogP contribution in [0.5, 0.6) is 0 Å². The lowest BCUT2D eigenvalue weighted by Crippen LogP contribution is -1.97. The predicted octanol–water partition coefficient (Wildman–Crippen LogP) is 3.50. The zero-order chi connectivity index (χ0) is 14.3. The Bertz CT molecular complexity index is 883. The van der Waals surface area contributed by atoms with Gasteiger partial charge in [0.05, 0.1) is 5.69 Å². The molecule has 3 nitrogen and oxygen atoms in total. The number of rotatable bonds is 2. The molecule has 20 heavy (non-hydrogen) atoms. The molecule has 0 N–H and O–H groups in total. The monoisotopic (exact) mass is 289 g/mol. The van der Waals surface area contributed by atoms with Crippen LogP contribution in [0.1, 0.15) is 0 Å². The van der Waals surface area contributed by atoms with Crippen LogP contribution in [-0.4, -0.2) is 13.0 Å². The van der Waals surface area contributed by atoms with Gasteiger partial charge < -0.3 is 4.57 Å². The molecule has 1 aromatic heterocycles. The largest absolute Gasteiger partial charge is 0.342 e. The van der Waals surface area contributed by atoms with Crippen molar-refractivity contribution in [3.8, 4) is 11.3 Å². The van der Waals surface area contributed by atoms with Crippen molar-refractivity contribution < 1.29 is 12.3 Å².